The van der Waals surface area contributed by atoms with Crippen LogP contribution >= 0.6 is 11.3 Å². The van der Waals surface area contributed by atoms with Crippen LogP contribution in [0, 0.1) is 16.7 Å². The average molecular weight is 298 g/mol. The van der Waals surface area contributed by atoms with Gasteiger partial charge in [0.1, 0.15) is 0 Å². The summed E-state index contributed by atoms with van der Waals surface area (Å²) in [4.78, 5) is 1.33. The van der Waals surface area contributed by atoms with Crippen LogP contribution in [0.1, 0.15) is 43.2 Å². The van der Waals surface area contributed by atoms with Crippen molar-refractivity contribution in [1.29, 1.82) is 5.26 Å². The molecule has 1 aromatic heterocycles. The normalized spacial score (nSPS) is 12.8. The van der Waals surface area contributed by atoms with Crippen LogP contribution in [0.2, 0.25) is 0 Å². The quantitative estimate of drug-likeness (QED) is 0.800. The topological polar surface area (TPSA) is 35.8 Å². The number of hydrogen-bond acceptors (Lipinski definition) is 3. The second-order valence-electron chi connectivity index (χ2n) is 6.06. The largest absolute Gasteiger partial charge is 0.305 e. The van der Waals surface area contributed by atoms with E-state index >= 15 is 0 Å². The van der Waals surface area contributed by atoms with E-state index in [0.29, 0.717) is 6.42 Å². The van der Waals surface area contributed by atoms with E-state index in [4.69, 9.17) is 5.26 Å². The lowest BCUT2D eigenvalue weighted by molar-refractivity contribution is 0.309. The number of hydrogen-bond donors (Lipinski definition) is 1. The highest BCUT2D eigenvalue weighted by Crippen LogP contribution is 2.28. The maximum absolute atomic E-state index is 8.77. The Labute approximate surface area is 131 Å². The fourth-order valence-electron chi connectivity index (χ4n) is 2.34. The van der Waals surface area contributed by atoms with Gasteiger partial charge in [0.15, 0.2) is 0 Å². The summed E-state index contributed by atoms with van der Waals surface area (Å²) in [6.45, 7) is 5.33. The highest BCUT2D eigenvalue weighted by molar-refractivity contribution is 7.10. The smallest absolute Gasteiger partial charge is 0.0671 e. The van der Waals surface area contributed by atoms with Gasteiger partial charge in [-0.15, -0.1) is 11.3 Å². The van der Waals surface area contributed by atoms with E-state index in [1.54, 1.807) is 11.3 Å². The van der Waals surface area contributed by atoms with Gasteiger partial charge in [-0.2, -0.15) is 5.26 Å². The van der Waals surface area contributed by atoms with Crippen LogP contribution in [0.25, 0.3) is 0 Å². The first-order valence-electron chi connectivity index (χ1n) is 7.31. The highest BCUT2D eigenvalue weighted by Gasteiger charge is 2.21. The molecule has 0 radical (unpaired) electrons. The zero-order valence-electron chi connectivity index (χ0n) is 12.7. The van der Waals surface area contributed by atoms with Crippen LogP contribution in [0.5, 0.6) is 0 Å². The predicted octanol–water partition coefficient (Wildman–Crippen LogP) is 4.76. The Kier molecular flexibility index (Phi) is 5.55. The molecule has 2 nitrogen and oxygen atoms in total. The molecule has 2 aromatic rings. The molecule has 0 saturated heterocycles. The molecular weight excluding hydrogens is 276 g/mol. The maximum Gasteiger partial charge on any atom is 0.0671 e. The summed E-state index contributed by atoms with van der Waals surface area (Å²) >= 11 is 1.78. The summed E-state index contributed by atoms with van der Waals surface area (Å²) in [5.74, 6) is 0. The molecule has 0 amide bonds. The van der Waals surface area contributed by atoms with Gasteiger partial charge in [0.05, 0.1) is 12.1 Å². The van der Waals surface area contributed by atoms with Gasteiger partial charge in [0.2, 0.25) is 0 Å². The number of thiophene rings is 1. The van der Waals surface area contributed by atoms with Gasteiger partial charge in [0.25, 0.3) is 0 Å². The van der Waals surface area contributed by atoms with Gasteiger partial charge in [-0.3, -0.25) is 0 Å². The van der Waals surface area contributed by atoms with Crippen LogP contribution in [0.4, 0.5) is 0 Å². The first-order chi connectivity index (χ1) is 10.1. The minimum Gasteiger partial charge on any atom is -0.305 e. The first-order valence-corrected chi connectivity index (χ1v) is 8.19. The summed E-state index contributed by atoms with van der Waals surface area (Å²) in [5.41, 5.74) is 1.41. The van der Waals surface area contributed by atoms with E-state index in [9.17, 15) is 0 Å². The van der Waals surface area contributed by atoms with Crippen molar-refractivity contribution >= 4 is 11.3 Å². The van der Waals surface area contributed by atoms with Crippen molar-refractivity contribution in [3.05, 3.63) is 58.3 Å². The van der Waals surface area contributed by atoms with Gasteiger partial charge >= 0.3 is 0 Å². The number of nitrogens with zero attached hydrogens (tertiary/aromatic N) is 1. The second kappa shape index (κ2) is 7.40. The fraction of sp³-hybridized carbons (Fsp3) is 0.389. The first kappa shape index (κ1) is 15.8. The summed E-state index contributed by atoms with van der Waals surface area (Å²) < 4.78 is 0. The minimum absolute atomic E-state index is 0.125. The van der Waals surface area contributed by atoms with Crippen molar-refractivity contribution in [3.8, 4) is 6.07 Å². The van der Waals surface area contributed by atoms with Crippen molar-refractivity contribution in [2.45, 2.75) is 32.7 Å². The van der Waals surface area contributed by atoms with Crippen LogP contribution < -0.4 is 5.32 Å². The highest BCUT2D eigenvalue weighted by atomic mass is 32.1. The molecule has 0 aliphatic heterocycles. The van der Waals surface area contributed by atoms with E-state index in [2.05, 4.69) is 67.0 Å². The predicted molar refractivity (Wildman–Crippen MR) is 89.2 cm³/mol. The van der Waals surface area contributed by atoms with Gasteiger partial charge in [0, 0.05) is 17.8 Å². The lowest BCUT2D eigenvalue weighted by atomic mass is 9.87. The summed E-state index contributed by atoms with van der Waals surface area (Å²) in [6.07, 6.45) is 1.53. The van der Waals surface area contributed by atoms with Gasteiger partial charge in [-0.1, -0.05) is 50.2 Å². The third-order valence-corrected chi connectivity index (χ3v) is 4.60. The number of benzene rings is 1. The summed E-state index contributed by atoms with van der Waals surface area (Å²) in [5, 5.41) is 14.6. The molecule has 0 aliphatic rings. The van der Waals surface area contributed by atoms with Crippen molar-refractivity contribution < 1.29 is 0 Å². The van der Waals surface area contributed by atoms with Crippen LogP contribution in [-0.2, 0) is 0 Å². The van der Waals surface area contributed by atoms with Crippen LogP contribution in [0.3, 0.4) is 0 Å². The molecular formula is C18H22N2S. The molecule has 1 N–H and O–H groups in total. The number of rotatable bonds is 7. The van der Waals surface area contributed by atoms with E-state index in [1.165, 1.54) is 10.4 Å². The molecule has 0 fully saturated rings. The fourth-order valence-corrected chi connectivity index (χ4v) is 3.17. The standard InChI is InChI=1S/C18H22N2S/c1-18(2,11-7-12-19)14-20-17(16-10-6-13-21-16)15-8-4-3-5-9-15/h3-6,8-10,13,17,20H,7,11,14H2,1-2H3. The molecule has 0 bridgehead atoms. The Morgan fingerprint density at radius 1 is 1.19 bits per heavy atom. The zero-order chi connectivity index (χ0) is 15.1. The van der Waals surface area contributed by atoms with E-state index in [-0.39, 0.29) is 11.5 Å². The van der Waals surface area contributed by atoms with E-state index < -0.39 is 0 Å². The molecule has 0 saturated carbocycles. The SMILES string of the molecule is CC(C)(CCC#N)CNC(c1ccccc1)c1cccs1. The maximum atomic E-state index is 8.77. The summed E-state index contributed by atoms with van der Waals surface area (Å²) in [6, 6.07) is 17.3. The Hall–Kier alpha value is -1.63. The minimum atomic E-state index is 0.125. The molecule has 3 heteroatoms. The third kappa shape index (κ3) is 4.70. The Morgan fingerprint density at radius 2 is 1.95 bits per heavy atom. The van der Waals surface area contributed by atoms with Crippen molar-refractivity contribution in [2.75, 3.05) is 6.54 Å². The van der Waals surface area contributed by atoms with Gasteiger partial charge in [-0.25, -0.2) is 0 Å². The van der Waals surface area contributed by atoms with Gasteiger partial charge in [-0.05, 0) is 28.8 Å². The van der Waals surface area contributed by atoms with Crippen molar-refractivity contribution in [2.24, 2.45) is 5.41 Å². The molecule has 1 atom stereocenters. The molecule has 1 unspecified atom stereocenters. The summed E-state index contributed by atoms with van der Waals surface area (Å²) in [7, 11) is 0. The lowest BCUT2D eigenvalue weighted by Crippen LogP contribution is -2.32. The number of nitriles is 1. The lowest BCUT2D eigenvalue weighted by Gasteiger charge is -2.27. The van der Waals surface area contributed by atoms with E-state index in [1.807, 2.05) is 6.07 Å². The second-order valence-corrected chi connectivity index (χ2v) is 7.04. The molecule has 1 aromatic carbocycles. The Morgan fingerprint density at radius 3 is 2.57 bits per heavy atom. The number of nitrogens with one attached hydrogen (secondary N) is 1. The molecule has 2 rings (SSSR count). The Balaban J connectivity index is 2.10. The average Bonchev–Trinajstić information content (AvgIpc) is 3.01. The molecule has 0 aliphatic carbocycles. The van der Waals surface area contributed by atoms with Crippen molar-refractivity contribution in [1.82, 2.24) is 5.32 Å². The monoisotopic (exact) mass is 298 g/mol. The van der Waals surface area contributed by atoms with Crippen LogP contribution in [0.15, 0.2) is 47.8 Å². The van der Waals surface area contributed by atoms with Gasteiger partial charge < -0.3 is 5.32 Å². The third-order valence-electron chi connectivity index (χ3n) is 3.66. The molecule has 21 heavy (non-hydrogen) atoms. The zero-order valence-corrected chi connectivity index (χ0v) is 13.5. The molecule has 0 spiro atoms. The van der Waals surface area contributed by atoms with E-state index in [0.717, 1.165) is 13.0 Å². The van der Waals surface area contributed by atoms with Crippen molar-refractivity contribution in [3.63, 3.8) is 0 Å². The molecule has 1 heterocycles. The molecule has 110 valence electrons. The Bertz CT molecular complexity index is 567. The van der Waals surface area contributed by atoms with Crippen LogP contribution in [-0.4, -0.2) is 6.54 Å².